The highest BCUT2D eigenvalue weighted by Gasteiger charge is 2.29. The number of thiol groups is 1. The largest absolute Gasteiger partial charge is 0.480 e. The van der Waals surface area contributed by atoms with Crippen LogP contribution in [-0.4, -0.2) is 77.0 Å². The third kappa shape index (κ3) is 10.8. The van der Waals surface area contributed by atoms with Crippen molar-refractivity contribution < 1.29 is 29.4 Å². The highest BCUT2D eigenvalue weighted by atomic mass is 32.1. The number of unbranched alkanes of at least 4 members (excludes halogenated alkanes) is 1. The third-order valence-corrected chi connectivity index (χ3v) is 4.62. The van der Waals surface area contributed by atoms with Crippen LogP contribution in [0, 0.1) is 5.92 Å². The molecule has 4 atom stereocenters. The predicted octanol–water partition coefficient (Wildman–Crippen LogP) is -2.05. The van der Waals surface area contributed by atoms with Gasteiger partial charge in [0.15, 0.2) is 0 Å². The SMILES string of the molecule is CC(C)CC(N)C(=O)NC(CS)C(=O)NC(CCCCN)C(=O)NC(CO)C(=O)O. The van der Waals surface area contributed by atoms with Crippen molar-refractivity contribution in [2.45, 2.75) is 63.7 Å². The number of carboxylic acids is 1. The molecule has 11 nitrogen and oxygen atoms in total. The monoisotopic (exact) mass is 449 g/mol. The van der Waals surface area contributed by atoms with Crippen LogP contribution >= 0.6 is 12.6 Å². The number of aliphatic carboxylic acids is 1. The van der Waals surface area contributed by atoms with Crippen LogP contribution in [0.3, 0.4) is 0 Å². The standard InChI is InChI=1S/C18H35N5O6S/c1-10(2)7-11(20)15(25)23-14(9-30)17(27)21-12(5-3-4-6-19)16(26)22-13(8-24)18(28)29/h10-14,24,30H,3-9,19-20H2,1-2H3,(H,21,27)(H,22,26)(H,23,25)(H,28,29). The molecule has 30 heavy (non-hydrogen) atoms. The summed E-state index contributed by atoms with van der Waals surface area (Å²) in [5, 5.41) is 25.3. The molecule has 0 fully saturated rings. The number of amides is 3. The van der Waals surface area contributed by atoms with E-state index in [4.69, 9.17) is 21.7 Å². The van der Waals surface area contributed by atoms with Gasteiger partial charge in [-0.1, -0.05) is 13.8 Å². The van der Waals surface area contributed by atoms with Crippen molar-refractivity contribution in [3.8, 4) is 0 Å². The first-order valence-electron chi connectivity index (χ1n) is 9.88. The lowest BCUT2D eigenvalue weighted by atomic mass is 10.0. The van der Waals surface area contributed by atoms with Crippen LogP contribution < -0.4 is 27.4 Å². The van der Waals surface area contributed by atoms with Crippen LogP contribution in [-0.2, 0) is 19.2 Å². The molecule has 9 N–H and O–H groups in total. The topological polar surface area (TPSA) is 197 Å². The molecule has 174 valence electrons. The molecule has 0 aliphatic carbocycles. The molecule has 0 aromatic heterocycles. The van der Waals surface area contributed by atoms with E-state index in [9.17, 15) is 19.2 Å². The van der Waals surface area contributed by atoms with E-state index in [1.54, 1.807) is 0 Å². The van der Waals surface area contributed by atoms with E-state index in [0.29, 0.717) is 25.8 Å². The molecule has 0 aromatic rings. The van der Waals surface area contributed by atoms with Crippen LogP contribution in [0.5, 0.6) is 0 Å². The number of hydrogen-bond acceptors (Lipinski definition) is 8. The summed E-state index contributed by atoms with van der Waals surface area (Å²) in [5.74, 6) is -3.16. The van der Waals surface area contributed by atoms with Gasteiger partial charge in [-0.2, -0.15) is 12.6 Å². The highest BCUT2D eigenvalue weighted by molar-refractivity contribution is 7.80. The summed E-state index contributed by atoms with van der Waals surface area (Å²) >= 11 is 4.08. The molecule has 0 heterocycles. The summed E-state index contributed by atoms with van der Waals surface area (Å²) in [4.78, 5) is 48.3. The lowest BCUT2D eigenvalue weighted by Crippen LogP contribution is -2.58. The summed E-state index contributed by atoms with van der Waals surface area (Å²) in [5.41, 5.74) is 11.3. The summed E-state index contributed by atoms with van der Waals surface area (Å²) in [6.07, 6.45) is 1.74. The minimum absolute atomic E-state index is 0.0303. The molecule has 0 saturated heterocycles. The zero-order valence-electron chi connectivity index (χ0n) is 17.5. The van der Waals surface area contributed by atoms with Gasteiger partial charge in [-0.15, -0.1) is 0 Å². The van der Waals surface area contributed by atoms with E-state index in [0.717, 1.165) is 0 Å². The zero-order chi connectivity index (χ0) is 23.3. The number of carbonyl (C=O) groups is 4. The van der Waals surface area contributed by atoms with Gasteiger partial charge in [0.1, 0.15) is 18.1 Å². The Labute approximate surface area is 182 Å². The maximum Gasteiger partial charge on any atom is 0.328 e. The Balaban J connectivity index is 5.14. The molecule has 0 bridgehead atoms. The van der Waals surface area contributed by atoms with E-state index in [1.807, 2.05) is 13.8 Å². The number of aliphatic hydroxyl groups is 1. The molecule has 0 aliphatic rings. The smallest absolute Gasteiger partial charge is 0.328 e. The van der Waals surface area contributed by atoms with Crippen LogP contribution in [0.4, 0.5) is 0 Å². The zero-order valence-corrected chi connectivity index (χ0v) is 18.4. The Bertz CT molecular complexity index is 577. The van der Waals surface area contributed by atoms with Gasteiger partial charge in [0.05, 0.1) is 12.6 Å². The van der Waals surface area contributed by atoms with Crippen LogP contribution in [0.2, 0.25) is 0 Å². The van der Waals surface area contributed by atoms with Crippen molar-refractivity contribution in [1.29, 1.82) is 0 Å². The van der Waals surface area contributed by atoms with Crippen LogP contribution in [0.1, 0.15) is 39.5 Å². The lowest BCUT2D eigenvalue weighted by molar-refractivity contribution is -0.143. The van der Waals surface area contributed by atoms with E-state index >= 15 is 0 Å². The Morgan fingerprint density at radius 2 is 1.47 bits per heavy atom. The number of carbonyl (C=O) groups excluding carboxylic acids is 3. The molecule has 4 unspecified atom stereocenters. The molecule has 0 radical (unpaired) electrons. The van der Waals surface area contributed by atoms with Crippen molar-refractivity contribution in [3.63, 3.8) is 0 Å². The van der Waals surface area contributed by atoms with Gasteiger partial charge in [-0.3, -0.25) is 14.4 Å². The van der Waals surface area contributed by atoms with E-state index in [-0.39, 0.29) is 18.1 Å². The number of nitrogens with one attached hydrogen (secondary N) is 3. The maximum atomic E-state index is 12.6. The Kier molecular flexibility index (Phi) is 14.0. The first-order valence-corrected chi connectivity index (χ1v) is 10.5. The van der Waals surface area contributed by atoms with Gasteiger partial charge < -0.3 is 37.6 Å². The number of rotatable bonds is 15. The van der Waals surface area contributed by atoms with Crippen molar-refractivity contribution in [2.75, 3.05) is 18.9 Å². The first kappa shape index (κ1) is 28.1. The molecule has 0 rings (SSSR count). The van der Waals surface area contributed by atoms with Gasteiger partial charge in [0.2, 0.25) is 17.7 Å². The number of carboxylic acid groups (broad SMARTS) is 1. The molecule has 12 heteroatoms. The van der Waals surface area contributed by atoms with E-state index in [1.165, 1.54) is 0 Å². The second-order valence-corrected chi connectivity index (χ2v) is 7.77. The number of nitrogens with two attached hydrogens (primary N) is 2. The fourth-order valence-corrected chi connectivity index (χ4v) is 2.84. The average Bonchev–Trinajstić information content (AvgIpc) is 2.68. The van der Waals surface area contributed by atoms with Gasteiger partial charge in [0.25, 0.3) is 0 Å². The third-order valence-electron chi connectivity index (χ3n) is 4.25. The minimum Gasteiger partial charge on any atom is -0.480 e. The first-order chi connectivity index (χ1) is 14.1. The van der Waals surface area contributed by atoms with Crippen molar-refractivity contribution in [2.24, 2.45) is 17.4 Å². The number of aliphatic hydroxyl groups excluding tert-OH is 1. The fraction of sp³-hybridized carbons (Fsp3) is 0.778. The van der Waals surface area contributed by atoms with E-state index < -0.39 is 54.5 Å². The minimum atomic E-state index is -1.50. The van der Waals surface area contributed by atoms with Gasteiger partial charge in [-0.05, 0) is 38.1 Å². The Morgan fingerprint density at radius 1 is 0.933 bits per heavy atom. The second kappa shape index (κ2) is 15.0. The van der Waals surface area contributed by atoms with Crippen molar-refractivity contribution in [3.05, 3.63) is 0 Å². The fourth-order valence-electron chi connectivity index (χ4n) is 2.58. The Morgan fingerprint density at radius 3 is 1.93 bits per heavy atom. The van der Waals surface area contributed by atoms with Gasteiger partial charge in [-0.25, -0.2) is 4.79 Å². The molecule has 0 aliphatic heterocycles. The quantitative estimate of drug-likeness (QED) is 0.103. The normalized spacial score (nSPS) is 15.0. The lowest BCUT2D eigenvalue weighted by Gasteiger charge is -2.24. The van der Waals surface area contributed by atoms with Gasteiger partial charge >= 0.3 is 5.97 Å². The summed E-state index contributed by atoms with van der Waals surface area (Å²) in [6, 6.07) is -4.39. The molecular weight excluding hydrogens is 414 g/mol. The van der Waals surface area contributed by atoms with Crippen molar-refractivity contribution >= 4 is 36.3 Å². The predicted molar refractivity (Wildman–Crippen MR) is 115 cm³/mol. The maximum absolute atomic E-state index is 12.6. The molecule has 0 saturated carbocycles. The van der Waals surface area contributed by atoms with E-state index in [2.05, 4.69) is 28.6 Å². The molecular formula is C18H35N5O6S. The summed E-state index contributed by atoms with van der Waals surface area (Å²) in [7, 11) is 0. The molecule has 0 spiro atoms. The summed E-state index contributed by atoms with van der Waals surface area (Å²) < 4.78 is 0. The van der Waals surface area contributed by atoms with Crippen LogP contribution in [0.25, 0.3) is 0 Å². The van der Waals surface area contributed by atoms with Crippen LogP contribution in [0.15, 0.2) is 0 Å². The summed E-state index contributed by atoms with van der Waals surface area (Å²) in [6.45, 7) is 3.42. The van der Waals surface area contributed by atoms with Gasteiger partial charge in [0, 0.05) is 5.75 Å². The number of hydrogen-bond donors (Lipinski definition) is 8. The molecule has 0 aromatic carbocycles. The second-order valence-electron chi connectivity index (χ2n) is 7.41. The van der Waals surface area contributed by atoms with Crippen molar-refractivity contribution in [1.82, 2.24) is 16.0 Å². The average molecular weight is 450 g/mol. The highest BCUT2D eigenvalue weighted by Crippen LogP contribution is 2.05. The molecule has 3 amide bonds. The Hall–Kier alpha value is -1.89.